The van der Waals surface area contributed by atoms with E-state index in [1.165, 1.54) is 6.08 Å². The molecule has 4 rings (SSSR count). The first-order valence-electron chi connectivity index (χ1n) is 9.74. The number of ether oxygens (including phenoxy) is 2. The van der Waals surface area contributed by atoms with Gasteiger partial charge in [-0.2, -0.15) is 0 Å². The third kappa shape index (κ3) is 2.35. The van der Waals surface area contributed by atoms with Crippen LogP contribution in [0.25, 0.3) is 0 Å². The number of carbonyl (C=O) groups is 1. The molecule has 3 N–H and O–H groups in total. The highest BCUT2D eigenvalue weighted by atomic mass is 16.6. The number of aliphatic hydroxyl groups is 3. The first-order valence-corrected chi connectivity index (χ1v) is 9.74. The zero-order valence-electron chi connectivity index (χ0n) is 15.8. The molecule has 0 aromatic heterocycles. The molecule has 6 heteroatoms. The summed E-state index contributed by atoms with van der Waals surface area (Å²) in [5, 5.41) is 30.6. The summed E-state index contributed by atoms with van der Waals surface area (Å²) in [6, 6.07) is 0. The molecule has 2 saturated carbocycles. The summed E-state index contributed by atoms with van der Waals surface area (Å²) >= 11 is 0. The molecule has 6 nitrogen and oxygen atoms in total. The molecule has 0 unspecified atom stereocenters. The molecular weight excluding hydrogens is 336 g/mol. The van der Waals surface area contributed by atoms with E-state index in [0.717, 1.165) is 19.3 Å². The van der Waals surface area contributed by atoms with Gasteiger partial charge in [0.1, 0.15) is 11.7 Å². The molecule has 0 aromatic rings. The summed E-state index contributed by atoms with van der Waals surface area (Å²) in [4.78, 5) is 11.9. The lowest BCUT2D eigenvalue weighted by molar-refractivity contribution is -0.197. The molecule has 4 aliphatic rings. The molecule has 2 aliphatic carbocycles. The van der Waals surface area contributed by atoms with Crippen LogP contribution in [0.4, 0.5) is 0 Å². The van der Waals surface area contributed by atoms with Crippen molar-refractivity contribution in [3.8, 4) is 0 Å². The van der Waals surface area contributed by atoms with Gasteiger partial charge in [-0.1, -0.05) is 20.8 Å². The predicted molar refractivity (Wildman–Crippen MR) is 92.8 cm³/mol. The Hall–Kier alpha value is -0.950. The van der Waals surface area contributed by atoms with Crippen molar-refractivity contribution in [2.45, 2.75) is 77.0 Å². The maximum atomic E-state index is 11.9. The van der Waals surface area contributed by atoms with Gasteiger partial charge < -0.3 is 24.8 Å². The number of cyclic esters (lactones) is 1. The summed E-state index contributed by atoms with van der Waals surface area (Å²) < 4.78 is 10.6. The Bertz CT molecular complexity index is 640. The fraction of sp³-hybridized carbons (Fsp3) is 0.850. The number of epoxide rings is 1. The molecule has 0 bridgehead atoms. The van der Waals surface area contributed by atoms with Crippen LogP contribution in [-0.4, -0.2) is 52.0 Å². The minimum Gasteiger partial charge on any atom is -0.429 e. The quantitative estimate of drug-likeness (QED) is 0.517. The van der Waals surface area contributed by atoms with Gasteiger partial charge in [0.05, 0.1) is 12.7 Å². The van der Waals surface area contributed by atoms with Crippen LogP contribution in [0.15, 0.2) is 11.6 Å². The number of fused-ring (bicyclic) bond motifs is 2. The Balaban J connectivity index is 1.62. The molecule has 2 heterocycles. The number of hydrogen-bond donors (Lipinski definition) is 3. The van der Waals surface area contributed by atoms with Crippen molar-refractivity contribution in [3.63, 3.8) is 0 Å². The molecular formula is C20H30O6. The van der Waals surface area contributed by atoms with Gasteiger partial charge in [0.2, 0.25) is 6.29 Å². The predicted octanol–water partition coefficient (Wildman–Crippen LogP) is 1.52. The van der Waals surface area contributed by atoms with Gasteiger partial charge in [0, 0.05) is 11.0 Å². The third-order valence-corrected chi connectivity index (χ3v) is 8.30. The summed E-state index contributed by atoms with van der Waals surface area (Å²) in [7, 11) is 0. The molecule has 0 aromatic carbocycles. The Labute approximate surface area is 154 Å². The Morgan fingerprint density at radius 2 is 1.96 bits per heavy atom. The fourth-order valence-corrected chi connectivity index (χ4v) is 6.19. The van der Waals surface area contributed by atoms with Crippen LogP contribution in [0, 0.1) is 22.7 Å². The monoisotopic (exact) mass is 366 g/mol. The zero-order chi connectivity index (χ0) is 18.9. The molecule has 1 spiro atoms. The van der Waals surface area contributed by atoms with Crippen LogP contribution in [0.3, 0.4) is 0 Å². The summed E-state index contributed by atoms with van der Waals surface area (Å²) in [5.41, 5.74) is -0.371. The van der Waals surface area contributed by atoms with E-state index in [2.05, 4.69) is 20.8 Å². The van der Waals surface area contributed by atoms with E-state index in [0.29, 0.717) is 30.9 Å². The maximum absolute atomic E-state index is 11.9. The van der Waals surface area contributed by atoms with Crippen LogP contribution >= 0.6 is 0 Å². The molecule has 146 valence electrons. The van der Waals surface area contributed by atoms with E-state index in [9.17, 15) is 20.1 Å². The van der Waals surface area contributed by atoms with Crippen LogP contribution in [0.1, 0.15) is 52.9 Å². The fourth-order valence-electron chi connectivity index (χ4n) is 6.19. The second-order valence-corrected chi connectivity index (χ2v) is 9.33. The Kier molecular flexibility index (Phi) is 4.09. The van der Waals surface area contributed by atoms with Crippen molar-refractivity contribution in [2.24, 2.45) is 22.7 Å². The molecule has 26 heavy (non-hydrogen) atoms. The van der Waals surface area contributed by atoms with Crippen LogP contribution in [0.2, 0.25) is 0 Å². The maximum Gasteiger partial charge on any atom is 0.336 e. The molecule has 0 radical (unpaired) electrons. The van der Waals surface area contributed by atoms with Crippen LogP contribution < -0.4 is 0 Å². The lowest BCUT2D eigenvalue weighted by atomic mass is 9.43. The van der Waals surface area contributed by atoms with Gasteiger partial charge in [0.25, 0.3) is 0 Å². The van der Waals surface area contributed by atoms with Gasteiger partial charge >= 0.3 is 5.97 Å². The topological polar surface area (TPSA) is 99.5 Å². The summed E-state index contributed by atoms with van der Waals surface area (Å²) in [5.74, 6) is 0.192. The molecule has 1 saturated heterocycles. The van der Waals surface area contributed by atoms with Crippen LogP contribution in [0.5, 0.6) is 0 Å². The van der Waals surface area contributed by atoms with Crippen molar-refractivity contribution < 1.29 is 29.6 Å². The minimum atomic E-state index is -1.13. The SMILES string of the molecule is C[C@H]1CC[C@]2(C)[C@H](C[C@H](O)[C@H](O)[C@@]23CO3)[C@@]1(C)CCC1=C[C@H](O)OC1=O. The smallest absolute Gasteiger partial charge is 0.336 e. The average Bonchev–Trinajstić information content (AvgIpc) is 3.33. The summed E-state index contributed by atoms with van der Waals surface area (Å²) in [6.07, 6.45) is 2.64. The highest BCUT2D eigenvalue weighted by Gasteiger charge is 2.73. The highest BCUT2D eigenvalue weighted by molar-refractivity contribution is 5.90. The van der Waals surface area contributed by atoms with E-state index in [1.807, 2.05) is 0 Å². The van der Waals surface area contributed by atoms with Crippen molar-refractivity contribution in [2.75, 3.05) is 6.61 Å². The number of rotatable bonds is 3. The molecule has 2 aliphatic heterocycles. The molecule has 0 amide bonds. The first-order chi connectivity index (χ1) is 12.1. The van der Waals surface area contributed by atoms with Gasteiger partial charge in [-0.05, 0) is 55.4 Å². The van der Waals surface area contributed by atoms with E-state index >= 15 is 0 Å². The van der Waals surface area contributed by atoms with Crippen molar-refractivity contribution in [1.29, 1.82) is 0 Å². The normalized spacial score (nSPS) is 53.2. The van der Waals surface area contributed by atoms with E-state index in [1.54, 1.807) is 0 Å². The lowest BCUT2D eigenvalue weighted by Gasteiger charge is -2.61. The lowest BCUT2D eigenvalue weighted by Crippen LogP contribution is -2.65. The van der Waals surface area contributed by atoms with Gasteiger partial charge in [-0.3, -0.25) is 0 Å². The third-order valence-electron chi connectivity index (χ3n) is 8.30. The van der Waals surface area contributed by atoms with Crippen LogP contribution in [-0.2, 0) is 14.3 Å². The van der Waals surface area contributed by atoms with E-state index in [-0.39, 0.29) is 16.7 Å². The number of esters is 1. The van der Waals surface area contributed by atoms with E-state index < -0.39 is 30.1 Å². The van der Waals surface area contributed by atoms with Gasteiger partial charge in [-0.15, -0.1) is 0 Å². The number of aliphatic hydroxyl groups excluding tert-OH is 3. The summed E-state index contributed by atoms with van der Waals surface area (Å²) in [6.45, 7) is 7.20. The number of hydrogen-bond acceptors (Lipinski definition) is 6. The highest BCUT2D eigenvalue weighted by Crippen LogP contribution is 2.68. The number of carbonyl (C=O) groups excluding carboxylic acids is 1. The van der Waals surface area contributed by atoms with Crippen molar-refractivity contribution in [3.05, 3.63) is 11.6 Å². The molecule has 3 fully saturated rings. The van der Waals surface area contributed by atoms with Gasteiger partial charge in [0.15, 0.2) is 0 Å². The Morgan fingerprint density at radius 3 is 2.54 bits per heavy atom. The molecule has 8 atom stereocenters. The second kappa shape index (κ2) is 5.77. The standard InChI is InChI=1S/C20H30O6/c1-11-4-7-19(3)14(9-13(21)16(23)20(19)10-25-20)18(11,2)6-5-12-8-15(22)26-17(12)24/h8,11,13-16,21-23H,4-7,9-10H2,1-3H3/t11-,13-,14+,15+,16-,18-,19+,20-/m0/s1. The first kappa shape index (κ1) is 18.4. The zero-order valence-corrected chi connectivity index (χ0v) is 15.8. The van der Waals surface area contributed by atoms with Gasteiger partial charge in [-0.25, -0.2) is 4.79 Å². The van der Waals surface area contributed by atoms with Crippen molar-refractivity contribution in [1.82, 2.24) is 0 Å². The van der Waals surface area contributed by atoms with Crippen molar-refractivity contribution >= 4 is 5.97 Å². The average molecular weight is 366 g/mol. The second-order valence-electron chi connectivity index (χ2n) is 9.33. The minimum absolute atomic E-state index is 0.0955. The largest absolute Gasteiger partial charge is 0.429 e. The Morgan fingerprint density at radius 1 is 1.27 bits per heavy atom. The van der Waals surface area contributed by atoms with E-state index in [4.69, 9.17) is 9.47 Å².